The van der Waals surface area contributed by atoms with Gasteiger partial charge in [0.1, 0.15) is 6.04 Å². The largest absolute Gasteiger partial charge is 0.381 e. The van der Waals surface area contributed by atoms with E-state index in [4.69, 9.17) is 4.74 Å². The van der Waals surface area contributed by atoms with E-state index in [9.17, 15) is 9.59 Å². The molecule has 3 amide bonds. The van der Waals surface area contributed by atoms with Gasteiger partial charge < -0.3 is 10.1 Å². The summed E-state index contributed by atoms with van der Waals surface area (Å²) < 4.78 is 5.44. The molecule has 1 N–H and O–H groups in total. The van der Waals surface area contributed by atoms with Gasteiger partial charge >= 0.3 is 6.03 Å². The average molecular weight is 298 g/mol. The van der Waals surface area contributed by atoms with Crippen molar-refractivity contribution in [3.05, 3.63) is 0 Å². The molecule has 3 saturated heterocycles. The number of hydrogen-bond acceptors (Lipinski definition) is 4. The normalized spacial score (nSPS) is 35.2. The van der Waals surface area contributed by atoms with E-state index in [1.807, 2.05) is 11.8 Å². The third-order valence-electron chi connectivity index (χ3n) is 4.42. The van der Waals surface area contributed by atoms with Crippen LogP contribution >= 0.6 is 11.8 Å². The number of carbonyl (C=O) groups is 2. The number of nitrogens with one attached hydrogen (secondary N) is 1. The Bertz CT molecular complexity index is 379. The fourth-order valence-corrected chi connectivity index (χ4v) is 4.41. The molecular formula is C14H22N2O3S. The molecule has 3 heterocycles. The fraction of sp³-hybridized carbons (Fsp3) is 0.857. The Morgan fingerprint density at radius 2 is 2.20 bits per heavy atom. The van der Waals surface area contributed by atoms with Crippen LogP contribution in [0.25, 0.3) is 0 Å². The van der Waals surface area contributed by atoms with Gasteiger partial charge in [-0.1, -0.05) is 0 Å². The first-order valence-corrected chi connectivity index (χ1v) is 8.68. The van der Waals surface area contributed by atoms with E-state index >= 15 is 0 Å². The van der Waals surface area contributed by atoms with E-state index in [-0.39, 0.29) is 23.9 Å². The van der Waals surface area contributed by atoms with Crippen LogP contribution < -0.4 is 5.32 Å². The summed E-state index contributed by atoms with van der Waals surface area (Å²) in [6, 6.07) is -0.569. The standard InChI is InChI=1S/C14H22N2O3S/c17-13-12(11-4-1-5-19-8-11)15-14(18)16(13)7-10-3-2-6-20-9-10/h10-12H,1-9H2,(H,15,18). The van der Waals surface area contributed by atoms with Crippen molar-refractivity contribution in [1.29, 1.82) is 0 Å². The Labute approximate surface area is 123 Å². The monoisotopic (exact) mass is 298 g/mol. The van der Waals surface area contributed by atoms with Crippen LogP contribution in [0.3, 0.4) is 0 Å². The van der Waals surface area contributed by atoms with Crippen molar-refractivity contribution in [3.8, 4) is 0 Å². The molecule has 20 heavy (non-hydrogen) atoms. The highest BCUT2D eigenvalue weighted by Gasteiger charge is 2.43. The molecule has 3 rings (SSSR count). The maximum atomic E-state index is 12.5. The molecule has 112 valence electrons. The molecule has 0 bridgehead atoms. The Morgan fingerprint density at radius 3 is 2.90 bits per heavy atom. The van der Waals surface area contributed by atoms with Crippen molar-refractivity contribution in [3.63, 3.8) is 0 Å². The second-order valence-electron chi connectivity index (χ2n) is 5.94. The Kier molecular flexibility index (Phi) is 4.51. The molecule has 5 nitrogen and oxygen atoms in total. The molecule has 0 aliphatic carbocycles. The predicted molar refractivity (Wildman–Crippen MR) is 77.6 cm³/mol. The molecule has 3 atom stereocenters. The minimum absolute atomic E-state index is 0.0407. The van der Waals surface area contributed by atoms with Crippen LogP contribution in [0.1, 0.15) is 25.7 Å². The number of urea groups is 1. The van der Waals surface area contributed by atoms with Crippen LogP contribution in [0.5, 0.6) is 0 Å². The first-order valence-electron chi connectivity index (χ1n) is 7.53. The summed E-state index contributed by atoms with van der Waals surface area (Å²) in [5.41, 5.74) is 0. The third kappa shape index (κ3) is 2.96. The van der Waals surface area contributed by atoms with Gasteiger partial charge in [-0.05, 0) is 43.1 Å². The smallest absolute Gasteiger partial charge is 0.324 e. The molecule has 3 fully saturated rings. The lowest BCUT2D eigenvalue weighted by atomic mass is 9.93. The van der Waals surface area contributed by atoms with Crippen molar-refractivity contribution in [2.45, 2.75) is 31.7 Å². The number of hydrogen-bond donors (Lipinski definition) is 1. The second-order valence-corrected chi connectivity index (χ2v) is 7.09. The van der Waals surface area contributed by atoms with Crippen LogP contribution in [0.4, 0.5) is 4.79 Å². The van der Waals surface area contributed by atoms with Gasteiger partial charge in [0, 0.05) is 19.1 Å². The van der Waals surface area contributed by atoms with Crippen molar-refractivity contribution in [2.24, 2.45) is 11.8 Å². The summed E-state index contributed by atoms with van der Waals surface area (Å²) in [5, 5.41) is 2.86. The molecule has 0 aromatic heterocycles. The summed E-state index contributed by atoms with van der Waals surface area (Å²) in [5.74, 6) is 2.84. The Morgan fingerprint density at radius 1 is 1.30 bits per heavy atom. The van der Waals surface area contributed by atoms with E-state index in [1.54, 1.807) is 0 Å². The van der Waals surface area contributed by atoms with Gasteiger partial charge in [0.25, 0.3) is 5.91 Å². The number of carbonyl (C=O) groups excluding carboxylic acids is 2. The molecule has 0 spiro atoms. The summed E-state index contributed by atoms with van der Waals surface area (Å²) in [6.07, 6.45) is 4.26. The number of rotatable bonds is 3. The highest BCUT2D eigenvalue weighted by atomic mass is 32.2. The maximum absolute atomic E-state index is 12.5. The van der Waals surface area contributed by atoms with Gasteiger partial charge in [0.15, 0.2) is 0 Å². The lowest BCUT2D eigenvalue weighted by molar-refractivity contribution is -0.130. The summed E-state index contributed by atoms with van der Waals surface area (Å²) in [7, 11) is 0. The summed E-state index contributed by atoms with van der Waals surface area (Å²) >= 11 is 1.93. The molecule has 0 aromatic carbocycles. The highest BCUT2D eigenvalue weighted by Crippen LogP contribution is 2.27. The van der Waals surface area contributed by atoms with E-state index in [0.29, 0.717) is 19.1 Å². The van der Waals surface area contributed by atoms with E-state index in [2.05, 4.69) is 5.32 Å². The van der Waals surface area contributed by atoms with Gasteiger partial charge in [-0.15, -0.1) is 0 Å². The summed E-state index contributed by atoms with van der Waals surface area (Å²) in [4.78, 5) is 26.0. The molecule has 0 radical (unpaired) electrons. The molecule has 3 aliphatic heterocycles. The number of ether oxygens (including phenoxy) is 1. The maximum Gasteiger partial charge on any atom is 0.324 e. The van der Waals surface area contributed by atoms with Crippen LogP contribution in [0.15, 0.2) is 0 Å². The highest BCUT2D eigenvalue weighted by molar-refractivity contribution is 7.99. The quantitative estimate of drug-likeness (QED) is 0.802. The summed E-state index contributed by atoms with van der Waals surface area (Å²) in [6.45, 7) is 1.94. The molecule has 0 saturated carbocycles. The molecule has 6 heteroatoms. The number of thioether (sulfide) groups is 1. The first-order chi connectivity index (χ1) is 9.75. The van der Waals surface area contributed by atoms with E-state index < -0.39 is 0 Å². The van der Waals surface area contributed by atoms with Gasteiger partial charge in [0.2, 0.25) is 0 Å². The average Bonchev–Trinajstić information content (AvgIpc) is 2.77. The van der Waals surface area contributed by atoms with Gasteiger partial charge in [-0.25, -0.2) is 4.79 Å². The van der Waals surface area contributed by atoms with Crippen molar-refractivity contribution in [1.82, 2.24) is 10.2 Å². The zero-order valence-electron chi connectivity index (χ0n) is 11.7. The lowest BCUT2D eigenvalue weighted by Gasteiger charge is -2.27. The zero-order chi connectivity index (χ0) is 13.9. The Balaban J connectivity index is 1.60. The minimum atomic E-state index is -0.362. The second kappa shape index (κ2) is 6.35. The number of amides is 3. The minimum Gasteiger partial charge on any atom is -0.381 e. The zero-order valence-corrected chi connectivity index (χ0v) is 12.5. The predicted octanol–water partition coefficient (Wildman–Crippen LogP) is 1.48. The SMILES string of the molecule is O=C1NC(C2CCCOC2)C(=O)N1CC1CCCSC1. The van der Waals surface area contributed by atoms with Gasteiger partial charge in [-0.2, -0.15) is 11.8 Å². The van der Waals surface area contributed by atoms with E-state index in [0.717, 1.165) is 31.6 Å². The number of imide groups is 1. The molecule has 3 aliphatic rings. The first kappa shape index (κ1) is 14.2. The van der Waals surface area contributed by atoms with E-state index in [1.165, 1.54) is 17.1 Å². The van der Waals surface area contributed by atoms with Crippen LogP contribution in [0.2, 0.25) is 0 Å². The molecular weight excluding hydrogens is 276 g/mol. The fourth-order valence-electron chi connectivity index (χ4n) is 3.27. The molecule has 0 aromatic rings. The number of nitrogens with zero attached hydrogens (tertiary/aromatic N) is 1. The van der Waals surface area contributed by atoms with Crippen molar-refractivity contribution < 1.29 is 14.3 Å². The van der Waals surface area contributed by atoms with Gasteiger partial charge in [-0.3, -0.25) is 9.69 Å². The van der Waals surface area contributed by atoms with Crippen LogP contribution in [0, 0.1) is 11.8 Å². The molecule has 3 unspecified atom stereocenters. The third-order valence-corrected chi connectivity index (χ3v) is 5.70. The lowest BCUT2D eigenvalue weighted by Crippen LogP contribution is -2.41. The van der Waals surface area contributed by atoms with Crippen molar-refractivity contribution in [2.75, 3.05) is 31.3 Å². The van der Waals surface area contributed by atoms with Crippen LogP contribution in [-0.4, -0.2) is 54.1 Å². The topological polar surface area (TPSA) is 58.6 Å². The van der Waals surface area contributed by atoms with Gasteiger partial charge in [0.05, 0.1) is 6.61 Å². The van der Waals surface area contributed by atoms with Crippen molar-refractivity contribution >= 4 is 23.7 Å². The Hall–Kier alpha value is -0.750. The van der Waals surface area contributed by atoms with Crippen LogP contribution in [-0.2, 0) is 9.53 Å².